The number of likely N-dealkylation sites (tertiary alicyclic amines) is 1. The molecule has 1 spiro atoms. The number of nitrogens with zero attached hydrogens (tertiary/aromatic N) is 3. The van der Waals surface area contributed by atoms with Gasteiger partial charge in [0.25, 0.3) is 5.91 Å². The lowest BCUT2D eigenvalue weighted by atomic mass is 9.70. The van der Waals surface area contributed by atoms with Crippen LogP contribution < -0.4 is 4.90 Å². The van der Waals surface area contributed by atoms with Crippen molar-refractivity contribution >= 4 is 46.8 Å². The van der Waals surface area contributed by atoms with Gasteiger partial charge in [-0.2, -0.15) is 0 Å². The molecule has 9 heteroatoms. The number of hydrogen-bond acceptors (Lipinski definition) is 5. The van der Waals surface area contributed by atoms with Gasteiger partial charge in [0, 0.05) is 24.9 Å². The summed E-state index contributed by atoms with van der Waals surface area (Å²) in [6.07, 6.45) is 4.66. The summed E-state index contributed by atoms with van der Waals surface area (Å²) in [5, 5.41) is 11.1. The van der Waals surface area contributed by atoms with E-state index in [1.807, 2.05) is 66.7 Å². The van der Waals surface area contributed by atoms with Gasteiger partial charge < -0.3 is 19.8 Å². The van der Waals surface area contributed by atoms with Crippen molar-refractivity contribution in [2.24, 2.45) is 11.8 Å². The van der Waals surface area contributed by atoms with Gasteiger partial charge in [0.15, 0.2) is 0 Å². The molecular weight excluding hydrogens is 618 g/mol. The molecule has 1 N–H and O–H groups in total. The number of aliphatic hydroxyl groups is 1. The highest BCUT2D eigenvalue weighted by atomic mass is 35.5. The van der Waals surface area contributed by atoms with Gasteiger partial charge in [-0.3, -0.25) is 14.4 Å². The molecule has 238 valence electrons. The number of anilines is 1. The molecule has 3 aromatic carbocycles. The number of halogens is 1. The fourth-order valence-electron chi connectivity index (χ4n) is 7.67. The second-order valence-corrected chi connectivity index (χ2v) is 14.1. The number of para-hydroxylation sites is 1. The number of rotatable bonds is 12. The molecule has 3 aliphatic rings. The van der Waals surface area contributed by atoms with Gasteiger partial charge in [0.1, 0.15) is 6.04 Å². The van der Waals surface area contributed by atoms with Crippen LogP contribution in [0.15, 0.2) is 110 Å². The predicted molar refractivity (Wildman–Crippen MR) is 183 cm³/mol. The molecule has 3 amide bonds. The summed E-state index contributed by atoms with van der Waals surface area (Å²) in [4.78, 5) is 49.3. The van der Waals surface area contributed by atoms with Gasteiger partial charge in [0.2, 0.25) is 11.8 Å². The van der Waals surface area contributed by atoms with Crippen molar-refractivity contribution in [1.29, 1.82) is 0 Å². The largest absolute Gasteiger partial charge is 0.394 e. The SMILES string of the molecule is C=CCN(Cc1ccccc1)C(=O)[C@@H]1[C@@H]2CCC3(S2)C(C(=O)N(CC=C)c2ccccc2Cl)N([C@H](CO)c2ccccc2)C(=O)[C@H]13. The first-order chi connectivity index (χ1) is 22.4. The first-order valence-electron chi connectivity index (χ1n) is 15.6. The number of benzene rings is 3. The molecule has 0 saturated carbocycles. The van der Waals surface area contributed by atoms with E-state index in [2.05, 4.69) is 13.2 Å². The van der Waals surface area contributed by atoms with Crippen LogP contribution in [0.1, 0.15) is 30.0 Å². The first kappa shape index (κ1) is 32.1. The maximum atomic E-state index is 15.0. The predicted octanol–water partition coefficient (Wildman–Crippen LogP) is 5.90. The lowest BCUT2D eigenvalue weighted by Crippen LogP contribution is -2.56. The summed E-state index contributed by atoms with van der Waals surface area (Å²) in [5.74, 6) is -2.02. The van der Waals surface area contributed by atoms with E-state index in [1.54, 1.807) is 56.8 Å². The minimum absolute atomic E-state index is 0.108. The molecule has 2 bridgehead atoms. The number of carbonyl (C=O) groups excluding carboxylic acids is 3. The minimum Gasteiger partial charge on any atom is -0.394 e. The molecule has 3 heterocycles. The van der Waals surface area contributed by atoms with Crippen LogP contribution in [0.25, 0.3) is 0 Å². The third-order valence-electron chi connectivity index (χ3n) is 9.55. The van der Waals surface area contributed by atoms with Crippen LogP contribution in [0, 0.1) is 11.8 Å². The summed E-state index contributed by atoms with van der Waals surface area (Å²) in [6.45, 7) is 8.32. The number of hydrogen-bond donors (Lipinski definition) is 1. The highest BCUT2D eigenvalue weighted by Crippen LogP contribution is 2.67. The van der Waals surface area contributed by atoms with E-state index in [9.17, 15) is 19.5 Å². The molecule has 7 nitrogen and oxygen atoms in total. The van der Waals surface area contributed by atoms with E-state index in [0.29, 0.717) is 36.6 Å². The number of thioether (sulfide) groups is 1. The molecule has 3 saturated heterocycles. The molecule has 3 fully saturated rings. The van der Waals surface area contributed by atoms with Crippen molar-refractivity contribution in [3.8, 4) is 0 Å². The van der Waals surface area contributed by atoms with Crippen LogP contribution in [0.3, 0.4) is 0 Å². The van der Waals surface area contributed by atoms with Crippen molar-refractivity contribution < 1.29 is 19.5 Å². The summed E-state index contributed by atoms with van der Waals surface area (Å²) < 4.78 is -0.853. The third-order valence-corrected chi connectivity index (χ3v) is 11.8. The zero-order valence-corrected chi connectivity index (χ0v) is 27.2. The van der Waals surface area contributed by atoms with Crippen LogP contribution >= 0.6 is 23.4 Å². The average Bonchev–Trinajstić information content (AvgIpc) is 3.72. The molecule has 6 atom stereocenters. The zero-order valence-electron chi connectivity index (χ0n) is 25.6. The van der Waals surface area contributed by atoms with E-state index in [4.69, 9.17) is 11.6 Å². The normalized spacial score (nSPS) is 25.2. The Balaban J connectivity index is 1.45. The Labute approximate surface area is 279 Å². The van der Waals surface area contributed by atoms with Gasteiger partial charge >= 0.3 is 0 Å². The summed E-state index contributed by atoms with van der Waals surface area (Å²) in [5.41, 5.74) is 2.23. The van der Waals surface area contributed by atoms with Gasteiger partial charge in [-0.1, -0.05) is 96.5 Å². The zero-order chi connectivity index (χ0) is 32.4. The van der Waals surface area contributed by atoms with Crippen LogP contribution in [-0.2, 0) is 20.9 Å². The maximum absolute atomic E-state index is 15.0. The van der Waals surface area contributed by atoms with Crippen LogP contribution in [0.2, 0.25) is 5.02 Å². The van der Waals surface area contributed by atoms with Gasteiger partial charge in [-0.15, -0.1) is 24.9 Å². The third kappa shape index (κ3) is 5.46. The monoisotopic (exact) mass is 655 g/mol. The van der Waals surface area contributed by atoms with Crippen molar-refractivity contribution in [1.82, 2.24) is 9.80 Å². The summed E-state index contributed by atoms with van der Waals surface area (Å²) in [6, 6.07) is 24.5. The molecule has 46 heavy (non-hydrogen) atoms. The Bertz CT molecular complexity index is 1620. The fourth-order valence-corrected chi connectivity index (χ4v) is 10.1. The highest BCUT2D eigenvalue weighted by molar-refractivity contribution is 8.02. The highest BCUT2D eigenvalue weighted by Gasteiger charge is 2.74. The van der Waals surface area contributed by atoms with Gasteiger partial charge in [-0.05, 0) is 36.1 Å². The van der Waals surface area contributed by atoms with E-state index in [0.717, 1.165) is 11.1 Å². The van der Waals surface area contributed by atoms with Gasteiger partial charge in [-0.25, -0.2) is 0 Å². The quantitative estimate of drug-likeness (QED) is 0.246. The van der Waals surface area contributed by atoms with E-state index >= 15 is 0 Å². The molecule has 3 aromatic rings. The van der Waals surface area contributed by atoms with Crippen molar-refractivity contribution in [2.45, 2.75) is 41.5 Å². The summed E-state index contributed by atoms with van der Waals surface area (Å²) in [7, 11) is 0. The van der Waals surface area contributed by atoms with E-state index in [-0.39, 0.29) is 36.1 Å². The molecule has 0 aliphatic carbocycles. The molecular formula is C37H38ClN3O4S. The second kappa shape index (κ2) is 13.5. The van der Waals surface area contributed by atoms with E-state index < -0.39 is 28.7 Å². The first-order valence-corrected chi connectivity index (χ1v) is 16.9. The number of amides is 3. The lowest BCUT2D eigenvalue weighted by Gasteiger charge is -2.40. The van der Waals surface area contributed by atoms with Crippen LogP contribution in [0.5, 0.6) is 0 Å². The van der Waals surface area contributed by atoms with Crippen LogP contribution in [0.4, 0.5) is 5.69 Å². The standard InChI is InChI=1S/C37H38ClN3O4S/c1-3-21-39(23-25-13-7-5-8-14-25)34(43)31-30-19-20-37(46-30)32(31)35(44)41(29(24-42)26-15-9-6-10-16-26)33(37)36(45)40(22-4-2)28-18-12-11-17-27(28)38/h3-18,29-33,42H,1-2,19-24H2/t29-,30+,31-,32+,33?,37?/m1/s1. The van der Waals surface area contributed by atoms with Crippen LogP contribution in [-0.4, -0.2) is 68.4 Å². The number of aliphatic hydroxyl groups excluding tert-OH is 1. The Morgan fingerprint density at radius 3 is 2.28 bits per heavy atom. The summed E-state index contributed by atoms with van der Waals surface area (Å²) >= 11 is 8.23. The van der Waals surface area contributed by atoms with Gasteiger partial charge in [0.05, 0.1) is 39.9 Å². The lowest BCUT2D eigenvalue weighted by molar-refractivity contribution is -0.145. The Morgan fingerprint density at radius 2 is 1.63 bits per heavy atom. The molecule has 3 aliphatic heterocycles. The van der Waals surface area contributed by atoms with Crippen molar-refractivity contribution in [3.63, 3.8) is 0 Å². The topological polar surface area (TPSA) is 81.2 Å². The van der Waals surface area contributed by atoms with Crippen molar-refractivity contribution in [2.75, 3.05) is 24.6 Å². The maximum Gasteiger partial charge on any atom is 0.251 e. The van der Waals surface area contributed by atoms with E-state index in [1.165, 1.54) is 0 Å². The number of carbonyl (C=O) groups is 3. The van der Waals surface area contributed by atoms with Crippen molar-refractivity contribution in [3.05, 3.63) is 126 Å². The Hall–Kier alpha value is -3.85. The second-order valence-electron chi connectivity index (χ2n) is 12.1. The Kier molecular flexibility index (Phi) is 9.41. The molecule has 0 aromatic heterocycles. The fraction of sp³-hybridized carbons (Fsp3) is 0.324. The molecule has 6 rings (SSSR count). The molecule has 0 radical (unpaired) electrons. The minimum atomic E-state index is -0.937. The average molecular weight is 656 g/mol. The Morgan fingerprint density at radius 1 is 0.978 bits per heavy atom. The number of fused-ring (bicyclic) bond motifs is 1. The molecule has 2 unspecified atom stereocenters. The smallest absolute Gasteiger partial charge is 0.251 e.